The summed E-state index contributed by atoms with van der Waals surface area (Å²) >= 11 is 0. The van der Waals surface area contributed by atoms with Gasteiger partial charge in [0.2, 0.25) is 5.91 Å². The number of amides is 1. The van der Waals surface area contributed by atoms with E-state index in [1.807, 2.05) is 4.90 Å². The van der Waals surface area contributed by atoms with Gasteiger partial charge in [0, 0.05) is 70.2 Å². The number of rotatable bonds is 6. The number of anilines is 2. The Morgan fingerprint density at radius 1 is 0.971 bits per heavy atom. The number of alkyl halides is 3. The second-order valence-corrected chi connectivity index (χ2v) is 9.15. The van der Waals surface area contributed by atoms with Gasteiger partial charge in [0.1, 0.15) is 5.82 Å². The van der Waals surface area contributed by atoms with Crippen LogP contribution in [-0.2, 0) is 11.0 Å². The molecule has 0 unspecified atom stereocenters. The number of piperidine rings is 1. The Morgan fingerprint density at radius 2 is 1.65 bits per heavy atom. The molecule has 9 heteroatoms. The molecular formula is C25H32F3N5O. The van der Waals surface area contributed by atoms with Crippen molar-refractivity contribution in [1.82, 2.24) is 15.2 Å². The topological polar surface area (TPSA) is 51.7 Å². The van der Waals surface area contributed by atoms with Crippen molar-refractivity contribution in [2.45, 2.75) is 38.4 Å². The van der Waals surface area contributed by atoms with Crippen molar-refractivity contribution in [2.24, 2.45) is 0 Å². The Labute approximate surface area is 198 Å². The van der Waals surface area contributed by atoms with Crippen LogP contribution in [-0.4, -0.2) is 67.6 Å². The molecule has 6 nitrogen and oxygen atoms in total. The zero-order valence-corrected chi connectivity index (χ0v) is 19.5. The average molecular weight is 476 g/mol. The van der Waals surface area contributed by atoms with Crippen LogP contribution < -0.4 is 15.1 Å². The number of hydrogen-bond donors (Lipinski definition) is 1. The number of nitrogens with one attached hydrogen (secondary N) is 1. The third-order valence-electron chi connectivity index (χ3n) is 6.69. The lowest BCUT2D eigenvalue weighted by molar-refractivity contribution is -0.137. The van der Waals surface area contributed by atoms with E-state index in [1.165, 1.54) is 17.3 Å². The van der Waals surface area contributed by atoms with Crippen LogP contribution in [0.5, 0.6) is 0 Å². The summed E-state index contributed by atoms with van der Waals surface area (Å²) in [5, 5.41) is 3.13. The summed E-state index contributed by atoms with van der Waals surface area (Å²) in [5.41, 5.74) is 1.77. The summed E-state index contributed by atoms with van der Waals surface area (Å²) in [7, 11) is 0. The van der Waals surface area contributed by atoms with Crippen LogP contribution in [0.4, 0.5) is 24.7 Å². The van der Waals surface area contributed by atoms with Crippen LogP contribution in [0.3, 0.4) is 0 Å². The molecule has 0 saturated carbocycles. The molecule has 0 spiro atoms. The molecule has 34 heavy (non-hydrogen) atoms. The number of benzene rings is 1. The van der Waals surface area contributed by atoms with Crippen LogP contribution in [0, 0.1) is 6.92 Å². The Morgan fingerprint density at radius 3 is 2.24 bits per heavy atom. The minimum atomic E-state index is -4.38. The quantitative estimate of drug-likeness (QED) is 0.691. The Hall–Kier alpha value is -2.81. The number of nitrogens with zero attached hydrogens (tertiary/aromatic N) is 4. The van der Waals surface area contributed by atoms with Crippen LogP contribution in [0.15, 0.2) is 42.6 Å². The third kappa shape index (κ3) is 6.40. The van der Waals surface area contributed by atoms with E-state index in [0.29, 0.717) is 25.3 Å². The summed E-state index contributed by atoms with van der Waals surface area (Å²) in [4.78, 5) is 23.1. The first kappa shape index (κ1) is 24.3. The molecular weight excluding hydrogens is 443 g/mol. The van der Waals surface area contributed by atoms with Gasteiger partial charge in [-0.25, -0.2) is 4.98 Å². The second kappa shape index (κ2) is 10.6. The fourth-order valence-electron chi connectivity index (χ4n) is 4.54. The smallest absolute Gasteiger partial charge is 0.369 e. The predicted molar refractivity (Wildman–Crippen MR) is 127 cm³/mol. The van der Waals surface area contributed by atoms with E-state index in [1.54, 1.807) is 0 Å². The van der Waals surface area contributed by atoms with Crippen molar-refractivity contribution in [3.8, 4) is 0 Å². The maximum Gasteiger partial charge on any atom is 0.417 e. The van der Waals surface area contributed by atoms with Gasteiger partial charge in [-0.05, 0) is 44.0 Å². The molecule has 2 aliphatic rings. The first-order valence-electron chi connectivity index (χ1n) is 11.9. The monoisotopic (exact) mass is 475 g/mol. The van der Waals surface area contributed by atoms with E-state index in [-0.39, 0.29) is 11.9 Å². The first-order valence-corrected chi connectivity index (χ1v) is 11.9. The third-order valence-corrected chi connectivity index (χ3v) is 6.69. The van der Waals surface area contributed by atoms with E-state index >= 15 is 0 Å². The van der Waals surface area contributed by atoms with E-state index < -0.39 is 11.7 Å². The summed E-state index contributed by atoms with van der Waals surface area (Å²) in [6.07, 6.45) is -1.51. The normalized spacial score (nSPS) is 18.2. The number of halogens is 3. The van der Waals surface area contributed by atoms with Crippen LogP contribution in [0.2, 0.25) is 0 Å². The zero-order chi connectivity index (χ0) is 24.1. The number of hydrogen-bond acceptors (Lipinski definition) is 5. The molecule has 184 valence electrons. The lowest BCUT2D eigenvalue weighted by Gasteiger charge is -2.36. The van der Waals surface area contributed by atoms with Gasteiger partial charge in [-0.3, -0.25) is 9.69 Å². The van der Waals surface area contributed by atoms with Crippen molar-refractivity contribution in [2.75, 3.05) is 55.6 Å². The summed E-state index contributed by atoms with van der Waals surface area (Å²) in [5.74, 6) is 0.606. The lowest BCUT2D eigenvalue weighted by atomic mass is 10.0. The molecule has 0 atom stereocenters. The molecule has 0 bridgehead atoms. The highest BCUT2D eigenvalue weighted by Gasteiger charge is 2.31. The highest BCUT2D eigenvalue weighted by molar-refractivity contribution is 5.76. The largest absolute Gasteiger partial charge is 0.417 e. The summed E-state index contributed by atoms with van der Waals surface area (Å²) < 4.78 is 38.2. The summed E-state index contributed by atoms with van der Waals surface area (Å²) in [6.45, 7) is 7.96. The predicted octanol–water partition coefficient (Wildman–Crippen LogP) is 3.71. The maximum absolute atomic E-state index is 12.7. The SMILES string of the molecule is Cc1ccc(N2CCN(CCC(=O)NC3CCN(c4ccc(C(F)(F)F)cn4)CC3)CC2)cc1. The maximum atomic E-state index is 12.7. The molecule has 1 aromatic carbocycles. The number of piperazine rings is 1. The van der Waals surface area contributed by atoms with Crippen LogP contribution >= 0.6 is 0 Å². The molecule has 1 amide bonds. The fourth-order valence-corrected chi connectivity index (χ4v) is 4.54. The minimum Gasteiger partial charge on any atom is -0.369 e. The van der Waals surface area contributed by atoms with Gasteiger partial charge in [-0.2, -0.15) is 13.2 Å². The molecule has 0 aliphatic carbocycles. The van der Waals surface area contributed by atoms with E-state index in [2.05, 4.69) is 51.3 Å². The number of pyridine rings is 1. The van der Waals surface area contributed by atoms with Crippen molar-refractivity contribution < 1.29 is 18.0 Å². The number of aryl methyl sites for hydroxylation is 1. The lowest BCUT2D eigenvalue weighted by Crippen LogP contribution is -2.48. The van der Waals surface area contributed by atoms with Crippen LogP contribution in [0.1, 0.15) is 30.4 Å². The Bertz CT molecular complexity index is 933. The molecule has 1 aromatic heterocycles. The second-order valence-electron chi connectivity index (χ2n) is 9.15. The Balaban J connectivity index is 1.14. The molecule has 3 heterocycles. The van der Waals surface area contributed by atoms with Gasteiger partial charge in [-0.1, -0.05) is 17.7 Å². The van der Waals surface area contributed by atoms with Gasteiger partial charge in [0.25, 0.3) is 0 Å². The average Bonchev–Trinajstić information content (AvgIpc) is 2.84. The van der Waals surface area contributed by atoms with Gasteiger partial charge < -0.3 is 15.1 Å². The van der Waals surface area contributed by atoms with Crippen molar-refractivity contribution in [3.63, 3.8) is 0 Å². The first-order chi connectivity index (χ1) is 16.3. The number of carbonyl (C=O) groups excluding carboxylic acids is 1. The Kier molecular flexibility index (Phi) is 7.60. The van der Waals surface area contributed by atoms with Crippen LogP contribution in [0.25, 0.3) is 0 Å². The van der Waals surface area contributed by atoms with Gasteiger partial charge in [0.05, 0.1) is 5.56 Å². The van der Waals surface area contributed by atoms with Gasteiger partial charge in [0.15, 0.2) is 0 Å². The molecule has 2 fully saturated rings. The van der Waals surface area contributed by atoms with E-state index in [0.717, 1.165) is 57.8 Å². The molecule has 1 N–H and O–H groups in total. The molecule has 2 aromatic rings. The van der Waals surface area contributed by atoms with Crippen molar-refractivity contribution in [3.05, 3.63) is 53.7 Å². The standard InChI is InChI=1S/C25H32F3N5O/c1-19-2-5-22(6-3-19)32-16-14-31(15-17-32)11-10-24(34)30-21-8-12-33(13-9-21)23-7-4-20(18-29-23)25(26,27)28/h2-7,18,21H,8-17H2,1H3,(H,30,34). The van der Waals surface area contributed by atoms with E-state index in [9.17, 15) is 18.0 Å². The van der Waals surface area contributed by atoms with Crippen molar-refractivity contribution in [1.29, 1.82) is 0 Å². The molecule has 4 rings (SSSR count). The number of aromatic nitrogens is 1. The zero-order valence-electron chi connectivity index (χ0n) is 19.5. The highest BCUT2D eigenvalue weighted by Crippen LogP contribution is 2.29. The highest BCUT2D eigenvalue weighted by atomic mass is 19.4. The summed E-state index contributed by atoms with van der Waals surface area (Å²) in [6, 6.07) is 11.2. The molecule has 2 saturated heterocycles. The van der Waals surface area contributed by atoms with Gasteiger partial charge >= 0.3 is 6.18 Å². The fraction of sp³-hybridized carbons (Fsp3) is 0.520. The molecule has 2 aliphatic heterocycles. The number of carbonyl (C=O) groups is 1. The van der Waals surface area contributed by atoms with Gasteiger partial charge in [-0.15, -0.1) is 0 Å². The van der Waals surface area contributed by atoms with Crippen molar-refractivity contribution >= 4 is 17.4 Å². The van der Waals surface area contributed by atoms with E-state index in [4.69, 9.17) is 0 Å². The molecule has 0 radical (unpaired) electrons. The minimum absolute atomic E-state index is 0.0621.